The van der Waals surface area contributed by atoms with Gasteiger partial charge in [0.2, 0.25) is 0 Å². The van der Waals surface area contributed by atoms with Gasteiger partial charge in [-0.15, -0.1) is 0 Å². The molecule has 144 valence electrons. The maximum atomic E-state index is 13.1. The summed E-state index contributed by atoms with van der Waals surface area (Å²) in [6.45, 7) is 0. The minimum atomic E-state index is -0.332. The van der Waals surface area contributed by atoms with Crippen molar-refractivity contribution in [3.8, 4) is 35.5 Å². The Hall–Kier alpha value is -3.91. The predicted molar refractivity (Wildman–Crippen MR) is 117 cm³/mol. The van der Waals surface area contributed by atoms with Crippen LogP contribution in [0, 0.1) is 53.0 Å². The van der Waals surface area contributed by atoms with E-state index >= 15 is 0 Å². The summed E-state index contributed by atoms with van der Waals surface area (Å²) in [5.41, 5.74) is 2.53. The molecule has 3 rings (SSSR count). The number of allylic oxidation sites excluding steroid dienone is 2. The fourth-order valence-corrected chi connectivity index (χ4v) is 2.69. The van der Waals surface area contributed by atoms with Gasteiger partial charge in [0.1, 0.15) is 17.5 Å². The molecule has 0 aromatic heterocycles. The second-order valence-electron chi connectivity index (χ2n) is 6.27. The molecule has 30 heavy (non-hydrogen) atoms. The summed E-state index contributed by atoms with van der Waals surface area (Å²) in [5, 5.41) is 0.767. The molecule has 0 bridgehead atoms. The van der Waals surface area contributed by atoms with Crippen LogP contribution >= 0.6 is 0 Å². The van der Waals surface area contributed by atoms with E-state index in [1.807, 2.05) is 0 Å². The van der Waals surface area contributed by atoms with Gasteiger partial charge >= 0.3 is 0 Å². The van der Waals surface area contributed by atoms with E-state index in [0.717, 1.165) is 5.20 Å². The molecule has 0 aliphatic heterocycles. The fourth-order valence-electron chi connectivity index (χ4n) is 2.32. The maximum Gasteiger partial charge on any atom is 0.123 e. The average Bonchev–Trinajstić information content (AvgIpc) is 2.75. The van der Waals surface area contributed by atoms with E-state index in [1.165, 1.54) is 36.4 Å². The van der Waals surface area contributed by atoms with Crippen LogP contribution in [0.25, 0.3) is 0 Å². The summed E-state index contributed by atoms with van der Waals surface area (Å²) < 4.78 is 39.2. The van der Waals surface area contributed by atoms with Gasteiger partial charge in [0.25, 0.3) is 0 Å². The SMILES string of the molecule is Fc1ccc(C#CC([SiH3])=C(C#Cc2ccc(F)cc2)C#Cc2ccc(F)cc2)cc1. The molecular formula is C26H15F3Si. The lowest BCUT2D eigenvalue weighted by Crippen LogP contribution is -1.87. The molecule has 3 aromatic rings. The van der Waals surface area contributed by atoms with Gasteiger partial charge in [0.05, 0.1) is 15.8 Å². The first-order valence-corrected chi connectivity index (χ1v) is 10.0. The third-order valence-electron chi connectivity index (χ3n) is 3.97. The summed E-state index contributed by atoms with van der Waals surface area (Å²) in [7, 11) is 0.589. The van der Waals surface area contributed by atoms with Crippen molar-refractivity contribution in [2.24, 2.45) is 0 Å². The lowest BCUT2D eigenvalue weighted by molar-refractivity contribution is 0.627. The van der Waals surface area contributed by atoms with Gasteiger partial charge in [-0.2, -0.15) is 0 Å². The zero-order valence-electron chi connectivity index (χ0n) is 16.1. The van der Waals surface area contributed by atoms with Crippen LogP contribution in [0.5, 0.6) is 0 Å². The zero-order valence-corrected chi connectivity index (χ0v) is 18.1. The van der Waals surface area contributed by atoms with Crippen molar-refractivity contribution in [2.75, 3.05) is 0 Å². The Morgan fingerprint density at radius 3 is 1.13 bits per heavy atom. The molecule has 0 saturated heterocycles. The van der Waals surface area contributed by atoms with Gasteiger partial charge in [-0.05, 0) is 72.8 Å². The Morgan fingerprint density at radius 1 is 0.500 bits per heavy atom. The van der Waals surface area contributed by atoms with Crippen LogP contribution in [0.3, 0.4) is 0 Å². The van der Waals surface area contributed by atoms with Crippen LogP contribution in [0.4, 0.5) is 13.2 Å². The van der Waals surface area contributed by atoms with Crippen LogP contribution in [-0.4, -0.2) is 10.2 Å². The van der Waals surface area contributed by atoms with Crippen LogP contribution < -0.4 is 0 Å². The largest absolute Gasteiger partial charge is 0.207 e. The topological polar surface area (TPSA) is 0 Å². The predicted octanol–water partition coefficient (Wildman–Crippen LogP) is 4.18. The Labute approximate surface area is 176 Å². The molecule has 0 fully saturated rings. The van der Waals surface area contributed by atoms with Crippen LogP contribution in [0.1, 0.15) is 16.7 Å². The summed E-state index contributed by atoms with van der Waals surface area (Å²) in [6, 6.07) is 17.6. The molecular weight excluding hydrogens is 397 g/mol. The third-order valence-corrected chi connectivity index (χ3v) is 4.72. The van der Waals surface area contributed by atoms with Crippen molar-refractivity contribution < 1.29 is 13.2 Å². The van der Waals surface area contributed by atoms with Crippen molar-refractivity contribution in [2.45, 2.75) is 0 Å². The van der Waals surface area contributed by atoms with Crippen LogP contribution in [0.15, 0.2) is 83.6 Å². The van der Waals surface area contributed by atoms with E-state index in [9.17, 15) is 13.2 Å². The minimum Gasteiger partial charge on any atom is -0.207 e. The molecule has 0 radical (unpaired) electrons. The molecule has 0 aliphatic rings. The van der Waals surface area contributed by atoms with Crippen molar-refractivity contribution in [1.29, 1.82) is 0 Å². The highest BCUT2D eigenvalue weighted by molar-refractivity contribution is 6.25. The van der Waals surface area contributed by atoms with Crippen LogP contribution in [-0.2, 0) is 0 Å². The highest BCUT2D eigenvalue weighted by Gasteiger charge is 1.96. The van der Waals surface area contributed by atoms with Crippen molar-refractivity contribution in [3.05, 3.63) is 118 Å². The first-order valence-electron chi connectivity index (χ1n) is 9.03. The lowest BCUT2D eigenvalue weighted by atomic mass is 10.1. The molecule has 0 spiro atoms. The number of hydrogen-bond donors (Lipinski definition) is 0. The van der Waals surface area contributed by atoms with Gasteiger partial charge in [-0.3, -0.25) is 0 Å². The highest BCUT2D eigenvalue weighted by atomic mass is 28.1. The molecule has 0 saturated carbocycles. The van der Waals surface area contributed by atoms with E-state index in [4.69, 9.17) is 0 Å². The molecule has 0 N–H and O–H groups in total. The number of rotatable bonds is 0. The Morgan fingerprint density at radius 2 is 0.800 bits per heavy atom. The van der Waals surface area contributed by atoms with E-state index in [0.29, 0.717) is 32.5 Å². The molecule has 0 unspecified atom stereocenters. The smallest absolute Gasteiger partial charge is 0.123 e. The van der Waals surface area contributed by atoms with Crippen molar-refractivity contribution in [3.63, 3.8) is 0 Å². The number of hydrogen-bond acceptors (Lipinski definition) is 0. The van der Waals surface area contributed by atoms with Crippen LogP contribution in [0.2, 0.25) is 0 Å². The second-order valence-corrected chi connectivity index (χ2v) is 7.27. The average molecular weight is 412 g/mol. The highest BCUT2D eigenvalue weighted by Crippen LogP contribution is 2.06. The molecule has 4 heteroatoms. The lowest BCUT2D eigenvalue weighted by Gasteiger charge is -1.94. The molecule has 0 aliphatic carbocycles. The summed E-state index contributed by atoms with van der Waals surface area (Å²) in [6.07, 6.45) is 0. The zero-order chi connectivity index (χ0) is 21.3. The Kier molecular flexibility index (Phi) is 6.96. The van der Waals surface area contributed by atoms with E-state index in [1.54, 1.807) is 36.4 Å². The molecule has 0 nitrogen and oxygen atoms in total. The summed E-state index contributed by atoms with van der Waals surface area (Å²) >= 11 is 0. The number of benzene rings is 3. The van der Waals surface area contributed by atoms with E-state index in [2.05, 4.69) is 35.5 Å². The molecule has 0 heterocycles. The molecule has 3 aromatic carbocycles. The summed E-state index contributed by atoms with van der Waals surface area (Å²) in [5.74, 6) is 17.0. The van der Waals surface area contributed by atoms with Gasteiger partial charge in [0.15, 0.2) is 0 Å². The minimum absolute atomic E-state index is 0.321. The normalized spacial score (nSPS) is 9.30. The van der Waals surface area contributed by atoms with E-state index < -0.39 is 0 Å². The summed E-state index contributed by atoms with van der Waals surface area (Å²) in [4.78, 5) is 0. The standard InChI is InChI=1S/C26H15F3Si/c27-23-12-3-19(4-13-23)1-10-22(11-2-20-5-14-24(28)15-6-20)26(30)18-9-21-7-16-25(29)17-8-21/h3-8,12-17H,30H3. The quantitative estimate of drug-likeness (QED) is 0.384. The first kappa shape index (κ1) is 20.8. The van der Waals surface area contributed by atoms with Gasteiger partial charge in [-0.25, -0.2) is 13.2 Å². The fraction of sp³-hybridized carbons (Fsp3) is 0. The third kappa shape index (κ3) is 6.32. The number of halogens is 3. The Balaban J connectivity index is 1.98. The van der Waals surface area contributed by atoms with Crippen molar-refractivity contribution >= 4 is 10.2 Å². The molecule has 0 atom stereocenters. The Bertz CT molecular complexity index is 1190. The first-order chi connectivity index (χ1) is 14.5. The second kappa shape index (κ2) is 10.0. The van der Waals surface area contributed by atoms with Gasteiger partial charge in [0, 0.05) is 21.9 Å². The van der Waals surface area contributed by atoms with Crippen molar-refractivity contribution in [1.82, 2.24) is 0 Å². The van der Waals surface area contributed by atoms with Gasteiger partial charge < -0.3 is 0 Å². The van der Waals surface area contributed by atoms with Gasteiger partial charge in [-0.1, -0.05) is 35.5 Å². The van der Waals surface area contributed by atoms with E-state index in [-0.39, 0.29) is 17.5 Å². The molecule has 0 amide bonds. The maximum absolute atomic E-state index is 13.1. The monoisotopic (exact) mass is 412 g/mol.